The van der Waals surface area contributed by atoms with Crippen molar-refractivity contribution in [3.8, 4) is 11.5 Å². The molecule has 9 nitrogen and oxygen atoms in total. The quantitative estimate of drug-likeness (QED) is 0.160. The van der Waals surface area contributed by atoms with E-state index in [-0.39, 0.29) is 37.5 Å². The lowest BCUT2D eigenvalue weighted by Crippen LogP contribution is -2.42. The van der Waals surface area contributed by atoms with Crippen LogP contribution in [0.4, 0.5) is 16.2 Å². The maximum absolute atomic E-state index is 12.9. The second kappa shape index (κ2) is 14.7. The molecular weight excluding hydrogens is 570 g/mol. The van der Waals surface area contributed by atoms with Gasteiger partial charge in [0.1, 0.15) is 11.5 Å². The third kappa shape index (κ3) is 8.08. The number of ether oxygens (including phenoxy) is 3. The van der Waals surface area contributed by atoms with Gasteiger partial charge in [-0.05, 0) is 79.0 Å². The third-order valence-electron chi connectivity index (χ3n) is 8.27. The summed E-state index contributed by atoms with van der Waals surface area (Å²) in [7, 11) is 0. The highest BCUT2D eigenvalue weighted by atomic mass is 16.7. The molecule has 0 saturated carbocycles. The number of aliphatic hydroxyl groups is 2. The first-order chi connectivity index (χ1) is 22.1. The molecule has 6 rings (SSSR count). The van der Waals surface area contributed by atoms with E-state index in [0.29, 0.717) is 30.1 Å². The lowest BCUT2D eigenvalue weighted by molar-refractivity contribution is -0.253. The molecule has 2 aliphatic heterocycles. The van der Waals surface area contributed by atoms with E-state index in [0.717, 1.165) is 41.8 Å². The van der Waals surface area contributed by atoms with Crippen LogP contribution in [0.15, 0.2) is 103 Å². The Morgan fingerprint density at radius 1 is 0.822 bits per heavy atom. The maximum Gasteiger partial charge on any atom is 0.323 e. The Morgan fingerprint density at radius 3 is 2.33 bits per heavy atom. The van der Waals surface area contributed by atoms with Gasteiger partial charge >= 0.3 is 6.03 Å². The molecule has 234 valence electrons. The zero-order valence-corrected chi connectivity index (χ0v) is 25.0. The molecule has 2 saturated heterocycles. The average molecular weight is 610 g/mol. The Kier molecular flexibility index (Phi) is 10.0. The van der Waals surface area contributed by atoms with Crippen molar-refractivity contribution in [3.05, 3.63) is 120 Å². The zero-order chi connectivity index (χ0) is 31.0. The van der Waals surface area contributed by atoms with Gasteiger partial charge in [-0.15, -0.1) is 0 Å². The summed E-state index contributed by atoms with van der Waals surface area (Å²) >= 11 is 0. The predicted octanol–water partition coefficient (Wildman–Crippen LogP) is 6.62. The summed E-state index contributed by atoms with van der Waals surface area (Å²) < 4.78 is 18.8. The van der Waals surface area contributed by atoms with E-state index in [1.54, 1.807) is 24.3 Å². The van der Waals surface area contributed by atoms with Crippen LogP contribution < -0.4 is 15.4 Å². The Balaban J connectivity index is 1.12. The van der Waals surface area contributed by atoms with Gasteiger partial charge in [-0.25, -0.2) is 4.79 Å². The average Bonchev–Trinajstić information content (AvgIpc) is 3.53. The van der Waals surface area contributed by atoms with Crippen molar-refractivity contribution < 1.29 is 29.2 Å². The van der Waals surface area contributed by atoms with Crippen LogP contribution >= 0.6 is 0 Å². The highest BCUT2D eigenvalue weighted by Gasteiger charge is 2.35. The molecule has 2 heterocycles. The van der Waals surface area contributed by atoms with Gasteiger partial charge in [-0.3, -0.25) is 4.90 Å². The van der Waals surface area contributed by atoms with Gasteiger partial charge in [0.05, 0.1) is 25.4 Å². The molecule has 4 aromatic carbocycles. The third-order valence-corrected chi connectivity index (χ3v) is 8.27. The van der Waals surface area contributed by atoms with Crippen molar-refractivity contribution in [3.63, 3.8) is 0 Å². The molecule has 0 bridgehead atoms. The summed E-state index contributed by atoms with van der Waals surface area (Å²) in [6, 6.07) is 31.7. The molecule has 2 aliphatic rings. The lowest BCUT2D eigenvalue weighted by Gasteiger charge is -2.38. The number of hydrogen-bond acceptors (Lipinski definition) is 7. The number of anilines is 2. The summed E-state index contributed by atoms with van der Waals surface area (Å²) in [4.78, 5) is 15.2. The number of para-hydroxylation sites is 1. The lowest BCUT2D eigenvalue weighted by atomic mass is 9.99. The summed E-state index contributed by atoms with van der Waals surface area (Å²) in [5.41, 5.74) is 3.88. The number of amides is 2. The van der Waals surface area contributed by atoms with Crippen molar-refractivity contribution in [2.45, 2.75) is 50.4 Å². The highest BCUT2D eigenvalue weighted by molar-refractivity contribution is 5.99. The fourth-order valence-corrected chi connectivity index (χ4v) is 5.92. The highest BCUT2D eigenvalue weighted by Crippen LogP contribution is 2.39. The monoisotopic (exact) mass is 609 g/mol. The van der Waals surface area contributed by atoms with Gasteiger partial charge in [-0.1, -0.05) is 54.6 Å². The Morgan fingerprint density at radius 2 is 1.58 bits per heavy atom. The number of hydrogen-bond donors (Lipinski definition) is 4. The standard InChI is InChI=1S/C36H39N3O6/c40-23-25-11-13-26(14-12-25)34-21-33(22-39-19-5-8-30(39)24-41)44-35(45-34)27-6-4-7-29(20-27)38-36(42)37-28-15-17-32(18-16-28)43-31-9-2-1-3-10-31/h1-4,6-7,9-18,20,30,33-35,40-41H,5,8,19,21-24H2,(H2,37,38,42). The minimum atomic E-state index is -0.650. The van der Waals surface area contributed by atoms with E-state index in [9.17, 15) is 15.0 Å². The van der Waals surface area contributed by atoms with E-state index in [1.165, 1.54) is 0 Å². The van der Waals surface area contributed by atoms with Gasteiger partial charge in [-0.2, -0.15) is 0 Å². The van der Waals surface area contributed by atoms with Crippen molar-refractivity contribution >= 4 is 17.4 Å². The first-order valence-corrected chi connectivity index (χ1v) is 15.4. The second-order valence-corrected chi connectivity index (χ2v) is 11.5. The number of rotatable bonds is 10. The Labute approximate surface area is 263 Å². The van der Waals surface area contributed by atoms with Crippen molar-refractivity contribution in [1.29, 1.82) is 0 Å². The van der Waals surface area contributed by atoms with Gasteiger partial charge in [0, 0.05) is 35.9 Å². The number of carbonyl (C=O) groups is 1. The van der Waals surface area contributed by atoms with Gasteiger partial charge in [0.25, 0.3) is 0 Å². The molecule has 2 amide bonds. The molecule has 4 aromatic rings. The van der Waals surface area contributed by atoms with Crippen molar-refractivity contribution in [2.24, 2.45) is 0 Å². The van der Waals surface area contributed by atoms with E-state index in [2.05, 4.69) is 15.5 Å². The Bertz CT molecular complexity index is 1530. The summed E-state index contributed by atoms with van der Waals surface area (Å²) in [5, 5.41) is 25.1. The first kappa shape index (κ1) is 30.8. The fourth-order valence-electron chi connectivity index (χ4n) is 5.92. The minimum Gasteiger partial charge on any atom is -0.457 e. The number of urea groups is 1. The molecule has 45 heavy (non-hydrogen) atoms. The summed E-state index contributed by atoms with van der Waals surface area (Å²) in [6.45, 7) is 1.76. The van der Waals surface area contributed by atoms with Crippen molar-refractivity contribution in [1.82, 2.24) is 4.90 Å². The summed E-state index contributed by atoms with van der Waals surface area (Å²) in [5.74, 6) is 1.41. The number of nitrogens with zero attached hydrogens (tertiary/aromatic N) is 1. The molecule has 0 aliphatic carbocycles. The van der Waals surface area contributed by atoms with Crippen LogP contribution in [0, 0.1) is 0 Å². The van der Waals surface area contributed by atoms with Gasteiger partial charge in [0.15, 0.2) is 6.29 Å². The number of benzene rings is 4. The largest absolute Gasteiger partial charge is 0.457 e. The molecule has 9 heteroatoms. The zero-order valence-electron chi connectivity index (χ0n) is 25.0. The molecule has 0 spiro atoms. The van der Waals surface area contributed by atoms with Crippen LogP contribution in [-0.4, -0.2) is 53.0 Å². The molecule has 4 N–H and O–H groups in total. The molecule has 0 aromatic heterocycles. The van der Waals surface area contributed by atoms with Crippen LogP contribution in [0.1, 0.15) is 48.3 Å². The Hall–Kier alpha value is -4.25. The van der Waals surface area contributed by atoms with Gasteiger partial charge < -0.3 is 35.1 Å². The van der Waals surface area contributed by atoms with Crippen LogP contribution in [0.5, 0.6) is 11.5 Å². The normalized spacial score (nSPS) is 21.7. The number of carbonyl (C=O) groups excluding carboxylic acids is 1. The van der Waals surface area contributed by atoms with Crippen LogP contribution in [0.25, 0.3) is 0 Å². The molecule has 4 unspecified atom stereocenters. The minimum absolute atomic E-state index is 0.0149. The van der Waals surface area contributed by atoms with E-state index in [1.807, 2.05) is 78.9 Å². The molecule has 2 fully saturated rings. The van der Waals surface area contributed by atoms with E-state index in [4.69, 9.17) is 14.2 Å². The smallest absolute Gasteiger partial charge is 0.323 e. The second-order valence-electron chi connectivity index (χ2n) is 11.5. The number of nitrogens with one attached hydrogen (secondary N) is 2. The predicted molar refractivity (Wildman–Crippen MR) is 172 cm³/mol. The van der Waals surface area contributed by atoms with Gasteiger partial charge in [0.2, 0.25) is 0 Å². The van der Waals surface area contributed by atoms with E-state index < -0.39 is 6.29 Å². The molecule has 0 radical (unpaired) electrons. The first-order valence-electron chi connectivity index (χ1n) is 15.4. The topological polar surface area (TPSA) is 113 Å². The van der Waals surface area contributed by atoms with E-state index >= 15 is 0 Å². The van der Waals surface area contributed by atoms with Crippen LogP contribution in [0.2, 0.25) is 0 Å². The van der Waals surface area contributed by atoms with Crippen molar-refractivity contribution in [2.75, 3.05) is 30.3 Å². The number of aliphatic hydroxyl groups excluding tert-OH is 2. The van der Waals surface area contributed by atoms with Crippen LogP contribution in [-0.2, 0) is 16.1 Å². The number of likely N-dealkylation sites (tertiary alicyclic amines) is 1. The summed E-state index contributed by atoms with van der Waals surface area (Å²) in [6.07, 6.45) is 1.72. The molecule has 4 atom stereocenters. The fraction of sp³-hybridized carbons (Fsp3) is 0.306. The maximum atomic E-state index is 12.9. The molecular formula is C36H39N3O6. The van der Waals surface area contributed by atoms with Crippen LogP contribution in [0.3, 0.4) is 0 Å². The SMILES string of the molecule is O=C(Nc1ccc(Oc2ccccc2)cc1)Nc1cccc(C2OC(CN3CCCC3CO)CC(c3ccc(CO)cc3)O2)c1.